The molecule has 6 rings (SSSR count). The van der Waals surface area contributed by atoms with Crippen molar-refractivity contribution in [3.05, 3.63) is 29.3 Å². The van der Waals surface area contributed by atoms with E-state index in [4.69, 9.17) is 9.82 Å². The van der Waals surface area contributed by atoms with Gasteiger partial charge in [-0.25, -0.2) is 4.98 Å². The molecule has 1 aromatic carbocycles. The Balaban J connectivity index is 1.52. The van der Waals surface area contributed by atoms with Gasteiger partial charge in [-0.1, -0.05) is 17.3 Å². The van der Waals surface area contributed by atoms with E-state index < -0.39 is 0 Å². The Kier molecular flexibility index (Phi) is 2.58. The molecule has 1 spiro atoms. The van der Waals surface area contributed by atoms with Gasteiger partial charge in [0.2, 0.25) is 11.6 Å². The molecule has 114 valence electrons. The van der Waals surface area contributed by atoms with Crippen LogP contribution in [0.15, 0.2) is 29.4 Å². The second kappa shape index (κ2) is 4.43. The summed E-state index contributed by atoms with van der Waals surface area (Å²) in [5.74, 6) is 1.45. The molecule has 1 atom stereocenters. The maximum atomic E-state index is 6.03. The number of nitrogens with zero attached hydrogens (tertiary/aromatic N) is 4. The van der Waals surface area contributed by atoms with E-state index in [2.05, 4.69) is 40.2 Å². The van der Waals surface area contributed by atoms with Crippen LogP contribution in [0.5, 0.6) is 0 Å². The minimum atomic E-state index is -0.274. The maximum Gasteiger partial charge on any atom is 0.226 e. The molecule has 1 unspecified atom stereocenters. The van der Waals surface area contributed by atoms with E-state index in [1.807, 2.05) is 6.07 Å². The summed E-state index contributed by atoms with van der Waals surface area (Å²) in [4.78, 5) is 15.5. The van der Waals surface area contributed by atoms with Gasteiger partial charge in [0, 0.05) is 13.0 Å². The van der Waals surface area contributed by atoms with Crippen molar-refractivity contribution in [2.75, 3.05) is 26.7 Å². The standard InChI is InChI=1S/C16H18N4OS/c1-19-14(15-17-12-4-2-3-5-13(12)22-15)18-21-16(19)10-20-8-6-11(16)7-9-20/h2-5,11H,6-10H2,1H3. The zero-order chi connectivity index (χ0) is 14.7. The van der Waals surface area contributed by atoms with Crippen LogP contribution in [0, 0.1) is 5.92 Å². The Labute approximate surface area is 133 Å². The quantitative estimate of drug-likeness (QED) is 0.810. The molecule has 1 aromatic heterocycles. The Hall–Kier alpha value is -1.66. The van der Waals surface area contributed by atoms with Gasteiger partial charge >= 0.3 is 0 Å². The normalized spacial score (nSPS) is 33.5. The van der Waals surface area contributed by atoms with Crippen LogP contribution >= 0.6 is 11.3 Å². The summed E-state index contributed by atoms with van der Waals surface area (Å²) in [7, 11) is 2.11. The second-order valence-electron chi connectivity index (χ2n) is 6.45. The number of benzene rings is 1. The highest BCUT2D eigenvalue weighted by molar-refractivity contribution is 7.20. The Morgan fingerprint density at radius 3 is 2.82 bits per heavy atom. The highest BCUT2D eigenvalue weighted by atomic mass is 32.1. The minimum absolute atomic E-state index is 0.274. The molecule has 6 heteroatoms. The summed E-state index contributed by atoms with van der Waals surface area (Å²) in [6, 6.07) is 8.24. The number of oxime groups is 1. The first-order valence-electron chi connectivity index (χ1n) is 7.84. The van der Waals surface area contributed by atoms with Crippen molar-refractivity contribution in [2.24, 2.45) is 11.1 Å². The van der Waals surface area contributed by atoms with Gasteiger partial charge in [0.15, 0.2) is 5.01 Å². The number of para-hydroxylation sites is 1. The Bertz CT molecular complexity index is 731. The molecule has 5 nitrogen and oxygen atoms in total. The van der Waals surface area contributed by atoms with Gasteiger partial charge in [0.05, 0.1) is 16.8 Å². The molecule has 4 aliphatic heterocycles. The van der Waals surface area contributed by atoms with Gasteiger partial charge in [0.1, 0.15) is 0 Å². The lowest BCUT2D eigenvalue weighted by atomic mass is 9.80. The van der Waals surface area contributed by atoms with Gasteiger partial charge in [-0.2, -0.15) is 0 Å². The van der Waals surface area contributed by atoms with Crippen molar-refractivity contribution in [3.8, 4) is 0 Å². The van der Waals surface area contributed by atoms with Crippen molar-refractivity contribution >= 4 is 27.4 Å². The maximum absolute atomic E-state index is 6.03. The third-order valence-electron chi connectivity index (χ3n) is 5.34. The van der Waals surface area contributed by atoms with Gasteiger partial charge < -0.3 is 9.74 Å². The van der Waals surface area contributed by atoms with Crippen molar-refractivity contribution in [3.63, 3.8) is 0 Å². The molecular formula is C16H18N4OS. The fraction of sp³-hybridized carbons (Fsp3) is 0.500. The largest absolute Gasteiger partial charge is 0.363 e. The number of fused-ring (bicyclic) bond motifs is 3. The van der Waals surface area contributed by atoms with Crippen molar-refractivity contribution in [1.82, 2.24) is 14.8 Å². The van der Waals surface area contributed by atoms with Crippen LogP contribution < -0.4 is 0 Å². The third-order valence-corrected chi connectivity index (χ3v) is 6.37. The third kappa shape index (κ3) is 1.62. The van der Waals surface area contributed by atoms with Crippen LogP contribution in [0.1, 0.15) is 17.8 Å². The number of rotatable bonds is 1. The lowest BCUT2D eigenvalue weighted by Crippen LogP contribution is -2.65. The van der Waals surface area contributed by atoms with Crippen LogP contribution in [0.4, 0.5) is 0 Å². The molecule has 0 aliphatic carbocycles. The predicted octanol–water partition coefficient (Wildman–Crippen LogP) is 2.34. The van der Waals surface area contributed by atoms with E-state index in [0.717, 1.165) is 22.9 Å². The fourth-order valence-corrected chi connectivity index (χ4v) is 5.03. The zero-order valence-electron chi connectivity index (χ0n) is 12.5. The van der Waals surface area contributed by atoms with Crippen LogP contribution in [0.3, 0.4) is 0 Å². The molecule has 0 radical (unpaired) electrons. The van der Waals surface area contributed by atoms with Crippen LogP contribution in [-0.4, -0.2) is 53.0 Å². The lowest BCUT2D eigenvalue weighted by molar-refractivity contribution is -0.190. The lowest BCUT2D eigenvalue weighted by Gasteiger charge is -2.52. The average Bonchev–Trinajstić information content (AvgIpc) is 3.11. The molecule has 3 fully saturated rings. The van der Waals surface area contributed by atoms with Crippen LogP contribution in [-0.2, 0) is 4.84 Å². The summed E-state index contributed by atoms with van der Waals surface area (Å²) < 4.78 is 1.20. The molecule has 5 heterocycles. The van der Waals surface area contributed by atoms with Crippen molar-refractivity contribution in [2.45, 2.75) is 18.6 Å². The first-order chi connectivity index (χ1) is 10.8. The number of piperidine rings is 3. The Morgan fingerprint density at radius 1 is 1.27 bits per heavy atom. The SMILES string of the molecule is CN1C(c2nc3ccccc3s2)=NOC12CN1CCC2CC1. The van der Waals surface area contributed by atoms with E-state index in [9.17, 15) is 0 Å². The molecule has 0 amide bonds. The monoisotopic (exact) mass is 314 g/mol. The molecular weight excluding hydrogens is 296 g/mol. The summed E-state index contributed by atoms with van der Waals surface area (Å²) in [5, 5.41) is 5.40. The Morgan fingerprint density at radius 2 is 2.09 bits per heavy atom. The fourth-order valence-electron chi connectivity index (χ4n) is 4.05. The highest BCUT2D eigenvalue weighted by Crippen LogP contribution is 2.43. The number of amidine groups is 1. The smallest absolute Gasteiger partial charge is 0.226 e. The summed E-state index contributed by atoms with van der Waals surface area (Å²) in [6.07, 6.45) is 2.40. The van der Waals surface area contributed by atoms with E-state index >= 15 is 0 Å². The topological polar surface area (TPSA) is 41.0 Å². The van der Waals surface area contributed by atoms with E-state index in [1.165, 1.54) is 30.6 Å². The molecule has 4 aliphatic rings. The average molecular weight is 314 g/mol. The van der Waals surface area contributed by atoms with Gasteiger partial charge in [0.25, 0.3) is 0 Å². The van der Waals surface area contributed by atoms with Crippen molar-refractivity contribution in [1.29, 1.82) is 0 Å². The number of aromatic nitrogens is 1. The van der Waals surface area contributed by atoms with Gasteiger partial charge in [-0.15, -0.1) is 11.3 Å². The summed E-state index contributed by atoms with van der Waals surface area (Å²) in [5.41, 5.74) is 0.761. The highest BCUT2D eigenvalue weighted by Gasteiger charge is 2.56. The number of likely N-dealkylation sites (N-methyl/N-ethyl adjacent to an activating group) is 1. The minimum Gasteiger partial charge on any atom is -0.363 e. The summed E-state index contributed by atoms with van der Waals surface area (Å²) in [6.45, 7) is 3.34. The molecule has 2 bridgehead atoms. The van der Waals surface area contributed by atoms with E-state index in [0.29, 0.717) is 5.92 Å². The molecule has 3 saturated heterocycles. The molecule has 2 aromatic rings. The van der Waals surface area contributed by atoms with Crippen LogP contribution in [0.25, 0.3) is 10.2 Å². The molecule has 0 saturated carbocycles. The molecule has 0 N–H and O–H groups in total. The van der Waals surface area contributed by atoms with E-state index in [-0.39, 0.29) is 5.72 Å². The zero-order valence-corrected chi connectivity index (χ0v) is 13.3. The first-order valence-corrected chi connectivity index (χ1v) is 8.66. The predicted molar refractivity (Wildman–Crippen MR) is 86.9 cm³/mol. The number of thiazole rings is 1. The first kappa shape index (κ1) is 12.8. The number of hydrogen-bond donors (Lipinski definition) is 0. The van der Waals surface area contributed by atoms with Gasteiger partial charge in [-0.3, -0.25) is 4.90 Å². The number of hydrogen-bond acceptors (Lipinski definition) is 6. The summed E-state index contributed by atoms with van der Waals surface area (Å²) >= 11 is 1.69. The van der Waals surface area contributed by atoms with Crippen LogP contribution in [0.2, 0.25) is 0 Å². The second-order valence-corrected chi connectivity index (χ2v) is 7.48. The van der Waals surface area contributed by atoms with E-state index in [1.54, 1.807) is 11.3 Å². The van der Waals surface area contributed by atoms with Gasteiger partial charge in [-0.05, 0) is 38.1 Å². The van der Waals surface area contributed by atoms with Crippen molar-refractivity contribution < 1.29 is 4.84 Å². The molecule has 22 heavy (non-hydrogen) atoms.